The van der Waals surface area contributed by atoms with Gasteiger partial charge in [0.2, 0.25) is 0 Å². The molecule has 6 nitrogen and oxygen atoms in total. The number of hydrogen-bond acceptors (Lipinski definition) is 5. The van der Waals surface area contributed by atoms with Gasteiger partial charge in [0.15, 0.2) is 0 Å². The average Bonchev–Trinajstić information content (AvgIpc) is 3.50. The summed E-state index contributed by atoms with van der Waals surface area (Å²) in [7, 11) is -4.19. The van der Waals surface area contributed by atoms with Crippen molar-refractivity contribution in [3.8, 4) is 0 Å². The fraction of sp³-hybridized carbons (Fsp3) is 0.650. The Hall–Kier alpha value is -1.88. The van der Waals surface area contributed by atoms with E-state index in [2.05, 4.69) is 15.0 Å². The van der Waals surface area contributed by atoms with E-state index in [4.69, 9.17) is 0 Å². The van der Waals surface area contributed by atoms with Crippen LogP contribution in [-0.2, 0) is 10.0 Å². The number of fused-ring (bicyclic) bond motifs is 1. The minimum absolute atomic E-state index is 0.00805. The highest BCUT2D eigenvalue weighted by atomic mass is 32.2. The molecule has 2 fully saturated rings. The van der Waals surface area contributed by atoms with Crippen molar-refractivity contribution in [2.45, 2.75) is 62.7 Å². The smallest absolute Gasteiger partial charge is 0.358 e. The maximum absolute atomic E-state index is 14.4. The van der Waals surface area contributed by atoms with Crippen molar-refractivity contribution in [2.75, 3.05) is 23.3 Å². The Balaban J connectivity index is 1.71. The van der Waals surface area contributed by atoms with Gasteiger partial charge in [-0.05, 0) is 50.3 Å². The van der Waals surface area contributed by atoms with Gasteiger partial charge in [-0.2, -0.15) is 21.6 Å². The highest BCUT2D eigenvalue weighted by Crippen LogP contribution is 2.45. The Morgan fingerprint density at radius 1 is 1.26 bits per heavy atom. The van der Waals surface area contributed by atoms with Crippen molar-refractivity contribution in [3.05, 3.63) is 17.9 Å². The van der Waals surface area contributed by atoms with Crippen molar-refractivity contribution in [1.29, 1.82) is 0 Å². The van der Waals surface area contributed by atoms with Crippen LogP contribution in [0.15, 0.2) is 21.4 Å². The number of piperidine rings is 1. The fourth-order valence-electron chi connectivity index (χ4n) is 4.21. The number of nitrogens with zero attached hydrogens (tertiary/aromatic N) is 2. The fourth-order valence-corrected chi connectivity index (χ4v) is 5.44. The van der Waals surface area contributed by atoms with Gasteiger partial charge in [0.1, 0.15) is 22.6 Å². The molecule has 11 heteroatoms. The number of amidine groups is 1. The first-order valence-corrected chi connectivity index (χ1v) is 11.9. The molecule has 0 bridgehead atoms. The minimum atomic E-state index is -4.54. The first-order chi connectivity index (χ1) is 14.5. The molecule has 4 rings (SSSR count). The van der Waals surface area contributed by atoms with Crippen LogP contribution in [0.4, 0.5) is 28.9 Å². The van der Waals surface area contributed by atoms with E-state index in [9.17, 15) is 26.0 Å². The van der Waals surface area contributed by atoms with E-state index in [0.717, 1.165) is 29.9 Å². The largest absolute Gasteiger partial charge is 0.408 e. The Morgan fingerprint density at radius 2 is 1.97 bits per heavy atom. The topological polar surface area (TPSA) is 73.8 Å². The Kier molecular flexibility index (Phi) is 5.70. The second-order valence-corrected chi connectivity index (χ2v) is 10.4. The van der Waals surface area contributed by atoms with Crippen LogP contribution >= 0.6 is 0 Å². The first-order valence-electron chi connectivity index (χ1n) is 10.5. The molecule has 2 aliphatic heterocycles. The average molecular weight is 463 g/mol. The number of sulfonamides is 1. The summed E-state index contributed by atoms with van der Waals surface area (Å²) in [6.07, 6.45) is -2.70. The third-order valence-corrected chi connectivity index (χ3v) is 7.29. The SMILES string of the molecule is CC(C)NC[C@H]1CCN(c2cc(F)cc3c2NC(C2CC2)=NS3(=O)=O)[C@@H](C(F)(F)F)C1. The summed E-state index contributed by atoms with van der Waals surface area (Å²) in [6, 6.07) is 0.129. The number of rotatable bonds is 5. The number of anilines is 2. The van der Waals surface area contributed by atoms with Gasteiger partial charge in [-0.15, -0.1) is 4.40 Å². The number of alkyl halides is 3. The highest BCUT2D eigenvalue weighted by molar-refractivity contribution is 7.90. The van der Waals surface area contributed by atoms with Gasteiger partial charge in [0, 0.05) is 18.5 Å². The van der Waals surface area contributed by atoms with Crippen molar-refractivity contribution in [3.63, 3.8) is 0 Å². The summed E-state index contributed by atoms with van der Waals surface area (Å²) >= 11 is 0. The first kappa shape index (κ1) is 22.3. The second kappa shape index (κ2) is 7.91. The summed E-state index contributed by atoms with van der Waals surface area (Å²) in [5.41, 5.74) is -0.0875. The number of nitrogens with one attached hydrogen (secondary N) is 2. The van der Waals surface area contributed by atoms with E-state index in [-0.39, 0.29) is 48.1 Å². The van der Waals surface area contributed by atoms with Gasteiger partial charge < -0.3 is 15.5 Å². The summed E-state index contributed by atoms with van der Waals surface area (Å²) in [5.74, 6) is -0.935. The van der Waals surface area contributed by atoms with E-state index in [0.29, 0.717) is 13.0 Å². The van der Waals surface area contributed by atoms with Crippen molar-refractivity contribution >= 4 is 27.2 Å². The lowest BCUT2D eigenvalue weighted by atomic mass is 9.89. The lowest BCUT2D eigenvalue weighted by Gasteiger charge is -2.43. The number of hydrogen-bond donors (Lipinski definition) is 2. The molecule has 172 valence electrons. The normalized spacial score (nSPS) is 25.8. The van der Waals surface area contributed by atoms with Gasteiger partial charge in [-0.25, -0.2) is 4.39 Å². The molecule has 2 heterocycles. The standard InChI is InChI=1S/C20H26F4N4O2S/c1-11(2)25-10-12-5-6-28(17(7-12)20(22,23)24)15-8-14(21)9-16-18(15)26-19(13-3-4-13)27-31(16,29)30/h8-9,11-13,17,25H,3-7,10H2,1-2H3,(H,26,27)/t12-,17+/m0/s1. The molecule has 0 aromatic heterocycles. The van der Waals surface area contributed by atoms with Crippen LogP contribution in [0, 0.1) is 17.7 Å². The molecule has 0 amide bonds. The van der Waals surface area contributed by atoms with Crippen LogP contribution in [0.2, 0.25) is 0 Å². The molecular weight excluding hydrogens is 436 g/mol. The molecule has 0 spiro atoms. The molecule has 1 aliphatic carbocycles. The minimum Gasteiger partial charge on any atom is -0.358 e. The summed E-state index contributed by atoms with van der Waals surface area (Å²) in [4.78, 5) is 0.683. The monoisotopic (exact) mass is 462 g/mol. The molecule has 1 aromatic carbocycles. The molecule has 31 heavy (non-hydrogen) atoms. The van der Waals surface area contributed by atoms with Crippen LogP contribution in [-0.4, -0.2) is 45.6 Å². The maximum atomic E-state index is 14.4. The van der Waals surface area contributed by atoms with E-state index >= 15 is 0 Å². The van der Waals surface area contributed by atoms with Crippen molar-refractivity contribution < 1.29 is 26.0 Å². The van der Waals surface area contributed by atoms with Gasteiger partial charge in [-0.1, -0.05) is 13.8 Å². The molecule has 0 radical (unpaired) electrons. The third kappa shape index (κ3) is 4.67. The van der Waals surface area contributed by atoms with E-state index < -0.39 is 33.0 Å². The summed E-state index contributed by atoms with van der Waals surface area (Å²) in [6.45, 7) is 4.37. The molecule has 1 aromatic rings. The van der Waals surface area contributed by atoms with Gasteiger partial charge in [-0.3, -0.25) is 0 Å². The molecule has 2 N–H and O–H groups in total. The van der Waals surface area contributed by atoms with Crippen LogP contribution in [0.5, 0.6) is 0 Å². The summed E-state index contributed by atoms with van der Waals surface area (Å²) in [5, 5.41) is 6.10. The quantitative estimate of drug-likeness (QED) is 0.650. The van der Waals surface area contributed by atoms with Crippen LogP contribution in [0.25, 0.3) is 0 Å². The highest BCUT2D eigenvalue weighted by Gasteiger charge is 2.48. The van der Waals surface area contributed by atoms with Crippen LogP contribution in [0.3, 0.4) is 0 Å². The molecule has 1 saturated carbocycles. The molecule has 0 unspecified atom stereocenters. The number of halogens is 4. The van der Waals surface area contributed by atoms with E-state index in [1.165, 1.54) is 0 Å². The van der Waals surface area contributed by atoms with Crippen LogP contribution in [0.1, 0.15) is 39.5 Å². The van der Waals surface area contributed by atoms with Gasteiger partial charge in [0.25, 0.3) is 10.0 Å². The van der Waals surface area contributed by atoms with E-state index in [1.807, 2.05) is 13.8 Å². The predicted molar refractivity (Wildman–Crippen MR) is 110 cm³/mol. The lowest BCUT2D eigenvalue weighted by Crippen LogP contribution is -2.52. The number of benzene rings is 1. The predicted octanol–water partition coefficient (Wildman–Crippen LogP) is 3.89. The second-order valence-electron chi connectivity index (χ2n) is 8.85. The molecular formula is C20H26F4N4O2S. The third-order valence-electron chi connectivity index (χ3n) is 5.97. The molecule has 2 atom stereocenters. The zero-order valence-electron chi connectivity index (χ0n) is 17.3. The van der Waals surface area contributed by atoms with Gasteiger partial charge >= 0.3 is 6.18 Å². The Bertz CT molecular complexity index is 990. The Morgan fingerprint density at radius 3 is 2.58 bits per heavy atom. The van der Waals surface area contributed by atoms with Crippen LogP contribution < -0.4 is 15.5 Å². The van der Waals surface area contributed by atoms with E-state index in [1.54, 1.807) is 0 Å². The molecule has 1 saturated heterocycles. The summed E-state index contributed by atoms with van der Waals surface area (Å²) < 4.78 is 85.5. The van der Waals surface area contributed by atoms with Crippen molar-refractivity contribution in [1.82, 2.24) is 5.32 Å². The molecule has 3 aliphatic rings. The zero-order chi connectivity index (χ0) is 22.6. The Labute approximate surface area is 179 Å². The zero-order valence-corrected chi connectivity index (χ0v) is 18.2. The maximum Gasteiger partial charge on any atom is 0.408 e. The lowest BCUT2D eigenvalue weighted by molar-refractivity contribution is -0.155. The van der Waals surface area contributed by atoms with Gasteiger partial charge in [0.05, 0.1) is 11.4 Å². The van der Waals surface area contributed by atoms with Crippen molar-refractivity contribution in [2.24, 2.45) is 16.2 Å².